The topological polar surface area (TPSA) is 42.4 Å². The Morgan fingerprint density at radius 3 is 2.80 bits per heavy atom. The van der Waals surface area contributed by atoms with E-state index in [9.17, 15) is 4.79 Å². The van der Waals surface area contributed by atoms with Crippen LogP contribution in [0.1, 0.15) is 18.4 Å². The zero-order valence-corrected chi connectivity index (χ0v) is 18.0. The molecule has 1 aliphatic heterocycles. The lowest BCUT2D eigenvalue weighted by molar-refractivity contribution is -0.118. The van der Waals surface area contributed by atoms with Crippen molar-refractivity contribution in [3.05, 3.63) is 71.2 Å². The smallest absolute Gasteiger partial charge is 0.233 e. The molecule has 4 nitrogen and oxygen atoms in total. The molecular formula is C24H21ClN2O2S. The number of hydrogen-bond donors (Lipinski definition) is 0. The summed E-state index contributed by atoms with van der Waals surface area (Å²) in [5.41, 5.74) is 1.74. The molecule has 0 N–H and O–H groups in total. The van der Waals surface area contributed by atoms with Gasteiger partial charge in [0.25, 0.3) is 0 Å². The predicted molar refractivity (Wildman–Crippen MR) is 124 cm³/mol. The highest BCUT2D eigenvalue weighted by Crippen LogP contribution is 2.34. The summed E-state index contributed by atoms with van der Waals surface area (Å²) in [7, 11) is 0. The van der Waals surface area contributed by atoms with E-state index in [-0.39, 0.29) is 12.0 Å². The van der Waals surface area contributed by atoms with Gasteiger partial charge in [-0.05, 0) is 41.3 Å². The first-order chi connectivity index (χ1) is 14.7. The number of hydrogen-bond acceptors (Lipinski definition) is 4. The fourth-order valence-corrected chi connectivity index (χ4v) is 5.21. The van der Waals surface area contributed by atoms with Crippen molar-refractivity contribution in [2.45, 2.75) is 25.4 Å². The van der Waals surface area contributed by atoms with Gasteiger partial charge in [0.05, 0.1) is 28.8 Å². The molecule has 1 aliphatic rings. The third-order valence-electron chi connectivity index (χ3n) is 5.47. The van der Waals surface area contributed by atoms with Crippen LogP contribution in [0.4, 0.5) is 5.13 Å². The highest BCUT2D eigenvalue weighted by Gasteiger charge is 2.26. The number of thiazole rings is 1. The first kappa shape index (κ1) is 19.5. The van der Waals surface area contributed by atoms with Crippen LogP contribution in [0.2, 0.25) is 5.02 Å². The highest BCUT2D eigenvalue weighted by atomic mass is 35.5. The van der Waals surface area contributed by atoms with Gasteiger partial charge in [0, 0.05) is 6.61 Å². The number of fused-ring (bicyclic) bond motifs is 2. The molecule has 6 heteroatoms. The van der Waals surface area contributed by atoms with Gasteiger partial charge in [0.1, 0.15) is 5.52 Å². The predicted octanol–water partition coefficient (Wildman–Crippen LogP) is 5.86. The van der Waals surface area contributed by atoms with Crippen LogP contribution in [-0.4, -0.2) is 30.1 Å². The SMILES string of the molecule is O=C(Cc1ccc2ccccc2c1)N(CC1CCCO1)c1nc2c(Cl)cccc2s1. The van der Waals surface area contributed by atoms with Crippen LogP contribution in [-0.2, 0) is 16.0 Å². The maximum Gasteiger partial charge on any atom is 0.233 e. The zero-order valence-electron chi connectivity index (χ0n) is 16.4. The number of ether oxygens (including phenoxy) is 1. The van der Waals surface area contributed by atoms with Crippen molar-refractivity contribution in [3.8, 4) is 0 Å². The lowest BCUT2D eigenvalue weighted by Gasteiger charge is -2.23. The number of carbonyl (C=O) groups excluding carboxylic acids is 1. The third kappa shape index (κ3) is 3.93. The summed E-state index contributed by atoms with van der Waals surface area (Å²) < 4.78 is 6.80. The van der Waals surface area contributed by atoms with Crippen LogP contribution in [0.15, 0.2) is 60.7 Å². The molecule has 0 saturated carbocycles. The Morgan fingerprint density at radius 1 is 1.13 bits per heavy atom. The first-order valence-corrected chi connectivity index (χ1v) is 11.3. The normalized spacial score (nSPS) is 16.4. The number of halogens is 1. The van der Waals surface area contributed by atoms with E-state index in [0.717, 1.165) is 40.6 Å². The molecule has 0 radical (unpaired) electrons. The third-order valence-corrected chi connectivity index (χ3v) is 6.82. The monoisotopic (exact) mass is 436 g/mol. The number of nitrogens with zero attached hydrogens (tertiary/aromatic N) is 2. The van der Waals surface area contributed by atoms with E-state index in [1.165, 1.54) is 16.7 Å². The maximum atomic E-state index is 13.4. The minimum Gasteiger partial charge on any atom is -0.376 e. The van der Waals surface area contributed by atoms with Gasteiger partial charge in [-0.1, -0.05) is 71.5 Å². The number of rotatable bonds is 5. The molecule has 1 aromatic heterocycles. The van der Waals surface area contributed by atoms with Crippen LogP contribution in [0.3, 0.4) is 0 Å². The zero-order chi connectivity index (χ0) is 20.5. The molecule has 1 atom stereocenters. The summed E-state index contributed by atoms with van der Waals surface area (Å²) in [6, 6.07) is 20.1. The van der Waals surface area contributed by atoms with E-state index in [4.69, 9.17) is 21.3 Å². The van der Waals surface area contributed by atoms with E-state index < -0.39 is 0 Å². The number of para-hydroxylation sites is 1. The Kier molecular flexibility index (Phi) is 5.42. The second-order valence-electron chi connectivity index (χ2n) is 7.58. The quantitative estimate of drug-likeness (QED) is 0.393. The van der Waals surface area contributed by atoms with Crippen LogP contribution >= 0.6 is 22.9 Å². The highest BCUT2D eigenvalue weighted by molar-refractivity contribution is 7.22. The van der Waals surface area contributed by atoms with Gasteiger partial charge in [-0.15, -0.1) is 0 Å². The summed E-state index contributed by atoms with van der Waals surface area (Å²) in [6.07, 6.45) is 2.36. The Morgan fingerprint density at radius 2 is 2.00 bits per heavy atom. The van der Waals surface area contributed by atoms with Gasteiger partial charge in [-0.3, -0.25) is 9.69 Å². The van der Waals surface area contributed by atoms with Crippen LogP contribution in [0, 0.1) is 0 Å². The van der Waals surface area contributed by atoms with E-state index in [2.05, 4.69) is 24.3 Å². The minimum atomic E-state index is 0.0240. The Hall–Kier alpha value is -2.47. The minimum absolute atomic E-state index is 0.0240. The summed E-state index contributed by atoms with van der Waals surface area (Å²) in [5, 5.41) is 3.60. The Balaban J connectivity index is 1.46. The number of aromatic nitrogens is 1. The van der Waals surface area contributed by atoms with E-state index >= 15 is 0 Å². The van der Waals surface area contributed by atoms with Gasteiger partial charge in [0.15, 0.2) is 5.13 Å². The van der Waals surface area contributed by atoms with Crippen molar-refractivity contribution in [1.29, 1.82) is 0 Å². The average molecular weight is 437 g/mol. The van der Waals surface area contributed by atoms with Gasteiger partial charge in [0.2, 0.25) is 5.91 Å². The van der Waals surface area contributed by atoms with E-state index in [1.54, 1.807) is 4.90 Å². The summed E-state index contributed by atoms with van der Waals surface area (Å²) in [4.78, 5) is 19.9. The van der Waals surface area contributed by atoms with Gasteiger partial charge in [-0.2, -0.15) is 0 Å². The fourth-order valence-electron chi connectivity index (χ4n) is 3.92. The standard InChI is InChI=1S/C24H21ClN2O2S/c25-20-8-3-9-21-23(20)26-24(30-21)27(15-19-7-4-12-29-19)22(28)14-16-10-11-17-5-1-2-6-18(17)13-16/h1-3,5-6,8-11,13,19H,4,7,12,14-15H2. The van der Waals surface area contributed by atoms with Gasteiger partial charge < -0.3 is 4.74 Å². The van der Waals surface area contributed by atoms with Crippen molar-refractivity contribution in [2.75, 3.05) is 18.1 Å². The molecule has 30 heavy (non-hydrogen) atoms. The van der Waals surface area contributed by atoms with E-state index in [1.807, 2.05) is 36.4 Å². The molecular weight excluding hydrogens is 416 g/mol. The molecule has 1 unspecified atom stereocenters. The maximum absolute atomic E-state index is 13.4. The summed E-state index contributed by atoms with van der Waals surface area (Å²) in [6.45, 7) is 1.27. The van der Waals surface area contributed by atoms with Crippen molar-refractivity contribution < 1.29 is 9.53 Å². The molecule has 152 valence electrons. The first-order valence-electron chi connectivity index (χ1n) is 10.1. The molecule has 0 aliphatic carbocycles. The summed E-state index contributed by atoms with van der Waals surface area (Å²) >= 11 is 7.82. The number of amides is 1. The molecule has 4 aromatic rings. The van der Waals surface area contributed by atoms with Gasteiger partial charge >= 0.3 is 0 Å². The Labute approximate surface area is 184 Å². The second-order valence-corrected chi connectivity index (χ2v) is 9.00. The molecule has 1 fully saturated rings. The number of anilines is 1. The van der Waals surface area contributed by atoms with Crippen molar-refractivity contribution in [3.63, 3.8) is 0 Å². The fraction of sp³-hybridized carbons (Fsp3) is 0.250. The molecule has 1 saturated heterocycles. The second kappa shape index (κ2) is 8.34. The van der Waals surface area contributed by atoms with Gasteiger partial charge in [-0.25, -0.2) is 4.98 Å². The largest absolute Gasteiger partial charge is 0.376 e. The van der Waals surface area contributed by atoms with Crippen LogP contribution < -0.4 is 4.90 Å². The lowest BCUT2D eigenvalue weighted by Crippen LogP contribution is -2.38. The molecule has 1 amide bonds. The van der Waals surface area contributed by atoms with Crippen molar-refractivity contribution >= 4 is 55.0 Å². The van der Waals surface area contributed by atoms with Crippen molar-refractivity contribution in [1.82, 2.24) is 4.98 Å². The van der Waals surface area contributed by atoms with Crippen molar-refractivity contribution in [2.24, 2.45) is 0 Å². The summed E-state index contributed by atoms with van der Waals surface area (Å²) in [5.74, 6) is 0.0240. The molecule has 0 bridgehead atoms. The van der Waals surface area contributed by atoms with E-state index in [0.29, 0.717) is 23.1 Å². The van der Waals surface area contributed by atoms with Crippen LogP contribution in [0.25, 0.3) is 21.0 Å². The average Bonchev–Trinajstić information content (AvgIpc) is 3.42. The molecule has 2 heterocycles. The molecule has 3 aromatic carbocycles. The Bertz CT molecular complexity index is 1220. The molecule has 0 spiro atoms. The molecule has 5 rings (SSSR count). The van der Waals surface area contributed by atoms with Crippen LogP contribution in [0.5, 0.6) is 0 Å². The lowest BCUT2D eigenvalue weighted by atomic mass is 10.0. The number of carbonyl (C=O) groups is 1. The number of benzene rings is 3.